The highest BCUT2D eigenvalue weighted by Crippen LogP contribution is 2.27. The highest BCUT2D eigenvalue weighted by molar-refractivity contribution is 5.89. The molecule has 104 valence electrons. The average Bonchev–Trinajstić information content (AvgIpc) is 3.20. The molecule has 0 amide bonds. The number of pyridine rings is 1. The van der Waals surface area contributed by atoms with E-state index in [1.165, 1.54) is 25.1 Å². The minimum Gasteiger partial charge on any atom is -0.478 e. The molecule has 0 bridgehead atoms. The zero-order valence-corrected chi connectivity index (χ0v) is 11.3. The summed E-state index contributed by atoms with van der Waals surface area (Å²) in [6.07, 6.45) is 3.86. The van der Waals surface area contributed by atoms with Gasteiger partial charge >= 0.3 is 5.97 Å². The molecule has 1 saturated carbocycles. The van der Waals surface area contributed by atoms with Crippen LogP contribution in [0.3, 0.4) is 0 Å². The van der Waals surface area contributed by atoms with Gasteiger partial charge in [-0.1, -0.05) is 0 Å². The van der Waals surface area contributed by atoms with Crippen molar-refractivity contribution in [2.45, 2.75) is 31.8 Å². The Bertz CT molecular complexity index is 474. The standard InChI is InChI=1S/C13H20N4O2/c1-8(17(2)10-3-4-10)6-15-12-11(14)5-9(7-16-12)13(18)19/h5,7-8,10H,3-4,6,14H2,1-2H3,(H,15,16)(H,18,19). The van der Waals surface area contributed by atoms with Crippen molar-refractivity contribution < 1.29 is 9.90 Å². The Morgan fingerprint density at radius 1 is 1.68 bits per heavy atom. The number of carboxylic acids is 1. The molecule has 1 aliphatic rings. The van der Waals surface area contributed by atoms with E-state index in [1.807, 2.05) is 0 Å². The van der Waals surface area contributed by atoms with Crippen molar-refractivity contribution >= 4 is 17.5 Å². The van der Waals surface area contributed by atoms with Gasteiger partial charge in [0.2, 0.25) is 0 Å². The van der Waals surface area contributed by atoms with Gasteiger partial charge in [0.25, 0.3) is 0 Å². The first-order valence-electron chi connectivity index (χ1n) is 6.43. The molecule has 2 rings (SSSR count). The van der Waals surface area contributed by atoms with Crippen molar-refractivity contribution in [1.82, 2.24) is 9.88 Å². The lowest BCUT2D eigenvalue weighted by atomic mass is 10.2. The van der Waals surface area contributed by atoms with Crippen molar-refractivity contribution in [3.05, 3.63) is 17.8 Å². The van der Waals surface area contributed by atoms with E-state index in [0.717, 1.165) is 6.54 Å². The molecule has 0 radical (unpaired) electrons. The summed E-state index contributed by atoms with van der Waals surface area (Å²) in [5, 5.41) is 12.0. The maximum absolute atomic E-state index is 10.8. The van der Waals surface area contributed by atoms with Gasteiger partial charge in [0.15, 0.2) is 0 Å². The molecule has 4 N–H and O–H groups in total. The number of nitrogens with two attached hydrogens (primary N) is 1. The third-order valence-corrected chi connectivity index (χ3v) is 3.55. The van der Waals surface area contributed by atoms with Crippen LogP contribution in [0.4, 0.5) is 11.5 Å². The first-order chi connectivity index (χ1) is 8.99. The van der Waals surface area contributed by atoms with Gasteiger partial charge in [-0.15, -0.1) is 0 Å². The summed E-state index contributed by atoms with van der Waals surface area (Å²) in [4.78, 5) is 17.2. The first kappa shape index (κ1) is 13.6. The maximum Gasteiger partial charge on any atom is 0.337 e. The number of carbonyl (C=O) groups is 1. The predicted octanol–water partition coefficient (Wildman–Crippen LogP) is 1.26. The van der Waals surface area contributed by atoms with Crippen LogP contribution in [0.25, 0.3) is 0 Å². The molecule has 1 heterocycles. The van der Waals surface area contributed by atoms with Gasteiger partial charge in [0, 0.05) is 24.8 Å². The monoisotopic (exact) mass is 264 g/mol. The smallest absolute Gasteiger partial charge is 0.337 e. The quantitative estimate of drug-likeness (QED) is 0.716. The number of anilines is 2. The van der Waals surface area contributed by atoms with Gasteiger partial charge < -0.3 is 16.2 Å². The zero-order chi connectivity index (χ0) is 14.0. The Kier molecular flexibility index (Phi) is 3.90. The van der Waals surface area contributed by atoms with Crippen molar-refractivity contribution in [2.75, 3.05) is 24.6 Å². The molecule has 0 aromatic carbocycles. The minimum absolute atomic E-state index is 0.103. The van der Waals surface area contributed by atoms with Gasteiger partial charge in [0.05, 0.1) is 11.3 Å². The van der Waals surface area contributed by atoms with Crippen molar-refractivity contribution in [3.63, 3.8) is 0 Å². The van der Waals surface area contributed by atoms with Crippen molar-refractivity contribution in [2.24, 2.45) is 0 Å². The van der Waals surface area contributed by atoms with Gasteiger partial charge in [-0.3, -0.25) is 4.90 Å². The fraction of sp³-hybridized carbons (Fsp3) is 0.538. The summed E-state index contributed by atoms with van der Waals surface area (Å²) in [5.41, 5.74) is 6.26. The molecular weight excluding hydrogens is 244 g/mol. The lowest BCUT2D eigenvalue weighted by molar-refractivity contribution is 0.0696. The van der Waals surface area contributed by atoms with Gasteiger partial charge in [0.1, 0.15) is 5.82 Å². The second-order valence-electron chi connectivity index (χ2n) is 5.09. The van der Waals surface area contributed by atoms with E-state index >= 15 is 0 Å². The Balaban J connectivity index is 1.93. The molecule has 1 fully saturated rings. The van der Waals surface area contributed by atoms with Gasteiger partial charge in [-0.25, -0.2) is 9.78 Å². The third-order valence-electron chi connectivity index (χ3n) is 3.55. The van der Waals surface area contributed by atoms with Gasteiger partial charge in [-0.05, 0) is 32.9 Å². The highest BCUT2D eigenvalue weighted by Gasteiger charge is 2.28. The summed E-state index contributed by atoms with van der Waals surface area (Å²) in [6, 6.07) is 2.51. The van der Waals surface area contributed by atoms with Crippen LogP contribution >= 0.6 is 0 Å². The minimum atomic E-state index is -1.02. The number of hydrogen-bond acceptors (Lipinski definition) is 5. The second-order valence-corrected chi connectivity index (χ2v) is 5.09. The lowest BCUT2D eigenvalue weighted by Crippen LogP contribution is -2.36. The Labute approximate surface area is 112 Å². The molecule has 1 aromatic rings. The van der Waals surface area contributed by atoms with Crippen molar-refractivity contribution in [1.29, 1.82) is 0 Å². The van der Waals surface area contributed by atoms with E-state index < -0.39 is 5.97 Å². The van der Waals surface area contributed by atoms with E-state index in [4.69, 9.17) is 10.8 Å². The van der Waals surface area contributed by atoms with E-state index in [-0.39, 0.29) is 5.56 Å². The van der Waals surface area contributed by atoms with Gasteiger partial charge in [-0.2, -0.15) is 0 Å². The molecule has 1 aromatic heterocycles. The molecule has 0 saturated heterocycles. The second kappa shape index (κ2) is 5.44. The molecule has 6 nitrogen and oxygen atoms in total. The molecular formula is C13H20N4O2. The number of likely N-dealkylation sites (N-methyl/N-ethyl adjacent to an activating group) is 1. The maximum atomic E-state index is 10.8. The number of nitrogens with zero attached hydrogens (tertiary/aromatic N) is 2. The van der Waals surface area contributed by atoms with Crippen molar-refractivity contribution in [3.8, 4) is 0 Å². The topological polar surface area (TPSA) is 91.5 Å². The number of aromatic nitrogens is 1. The van der Waals surface area contributed by atoms with Crippen LogP contribution in [0.1, 0.15) is 30.1 Å². The summed E-state index contributed by atoms with van der Waals surface area (Å²) < 4.78 is 0. The first-order valence-corrected chi connectivity index (χ1v) is 6.43. The molecule has 1 atom stereocenters. The molecule has 1 aliphatic carbocycles. The number of nitrogen functional groups attached to an aromatic ring is 1. The van der Waals surface area contributed by atoms with Crippen LogP contribution in [-0.2, 0) is 0 Å². The third kappa shape index (κ3) is 3.35. The highest BCUT2D eigenvalue weighted by atomic mass is 16.4. The normalized spacial score (nSPS) is 16.4. The molecule has 0 spiro atoms. The van der Waals surface area contributed by atoms with E-state index in [9.17, 15) is 4.79 Å². The Hall–Kier alpha value is -1.82. The van der Waals surface area contributed by atoms with Crippen LogP contribution in [0.2, 0.25) is 0 Å². The number of nitrogens with one attached hydrogen (secondary N) is 1. The largest absolute Gasteiger partial charge is 0.478 e. The van der Waals surface area contributed by atoms with Crippen LogP contribution in [0.15, 0.2) is 12.3 Å². The molecule has 0 aliphatic heterocycles. The Morgan fingerprint density at radius 3 is 2.89 bits per heavy atom. The average molecular weight is 264 g/mol. The van der Waals surface area contributed by atoms with Crippen LogP contribution in [0.5, 0.6) is 0 Å². The summed E-state index contributed by atoms with van der Waals surface area (Å²) in [5.74, 6) is -0.478. The number of rotatable bonds is 6. The number of aromatic carboxylic acids is 1. The molecule has 6 heteroatoms. The summed E-state index contributed by atoms with van der Waals surface area (Å²) in [7, 11) is 2.12. The number of carboxylic acid groups (broad SMARTS) is 1. The fourth-order valence-corrected chi connectivity index (χ4v) is 1.98. The summed E-state index contributed by atoms with van der Waals surface area (Å²) in [6.45, 7) is 2.88. The fourth-order valence-electron chi connectivity index (χ4n) is 1.98. The van der Waals surface area contributed by atoms with Crippen LogP contribution in [0, 0.1) is 0 Å². The number of hydrogen-bond donors (Lipinski definition) is 3. The predicted molar refractivity (Wildman–Crippen MR) is 74.3 cm³/mol. The Morgan fingerprint density at radius 2 is 2.37 bits per heavy atom. The van der Waals surface area contributed by atoms with E-state index in [2.05, 4.69) is 29.2 Å². The van der Waals surface area contributed by atoms with E-state index in [0.29, 0.717) is 23.6 Å². The summed E-state index contributed by atoms with van der Waals surface area (Å²) >= 11 is 0. The van der Waals surface area contributed by atoms with E-state index in [1.54, 1.807) is 0 Å². The van der Waals surface area contributed by atoms with Crippen LogP contribution in [-0.4, -0.2) is 46.6 Å². The molecule has 19 heavy (non-hydrogen) atoms. The molecule has 1 unspecified atom stereocenters. The lowest BCUT2D eigenvalue weighted by Gasteiger charge is -2.25. The SMILES string of the molecule is CC(CNc1ncc(C(=O)O)cc1N)N(C)C1CC1. The zero-order valence-electron chi connectivity index (χ0n) is 11.3. The van der Waals surface area contributed by atoms with Crippen LogP contribution < -0.4 is 11.1 Å².